The van der Waals surface area contributed by atoms with Gasteiger partial charge in [-0.25, -0.2) is 4.98 Å². The molecule has 13 aromatic rings. The van der Waals surface area contributed by atoms with E-state index in [0.717, 1.165) is 65.9 Å². The fraction of sp³-hybridized carbons (Fsp3) is 0. The first kappa shape index (κ1) is 32.0. The number of furan rings is 1. The Balaban J connectivity index is 1.10. The highest BCUT2D eigenvalue weighted by atomic mass is 16.3. The van der Waals surface area contributed by atoms with E-state index in [2.05, 4.69) is 173 Å². The van der Waals surface area contributed by atoms with Gasteiger partial charge in [0.1, 0.15) is 11.2 Å². The third kappa shape index (κ3) is 4.71. The van der Waals surface area contributed by atoms with Crippen LogP contribution in [0.4, 0.5) is 0 Å². The van der Waals surface area contributed by atoms with E-state index in [9.17, 15) is 0 Å². The summed E-state index contributed by atoms with van der Waals surface area (Å²) in [5.74, 6) is 1.74. The van der Waals surface area contributed by atoms with Gasteiger partial charge in [-0.3, -0.25) is 4.57 Å². The van der Waals surface area contributed by atoms with Gasteiger partial charge >= 0.3 is 0 Å². The summed E-state index contributed by atoms with van der Waals surface area (Å²) >= 11 is 0. The van der Waals surface area contributed by atoms with Crippen molar-refractivity contribution >= 4 is 87.1 Å². The van der Waals surface area contributed by atoms with E-state index in [-0.39, 0.29) is 0 Å². The average Bonchev–Trinajstić information content (AvgIpc) is 3.96. The maximum absolute atomic E-state index is 6.38. The molecule has 0 saturated heterocycles. The quantitative estimate of drug-likeness (QED) is 0.180. The number of hydrogen-bond acceptors (Lipinski definition) is 4. The minimum atomic E-state index is 0.552. The van der Waals surface area contributed by atoms with Crippen LogP contribution in [0.2, 0.25) is 0 Å². The number of aromatic nitrogens is 5. The van der Waals surface area contributed by atoms with Crippen molar-refractivity contribution < 1.29 is 4.42 Å². The summed E-state index contributed by atoms with van der Waals surface area (Å²) in [6.07, 6.45) is 0. The van der Waals surface area contributed by atoms with Crippen LogP contribution in [-0.4, -0.2) is 24.1 Å². The van der Waals surface area contributed by atoms with Crippen molar-refractivity contribution in [1.82, 2.24) is 24.1 Å². The molecule has 0 aliphatic heterocycles. The van der Waals surface area contributed by atoms with E-state index in [0.29, 0.717) is 17.6 Å². The summed E-state index contributed by atoms with van der Waals surface area (Å²) in [5, 5.41) is 11.5. The molecule has 0 amide bonds. The number of fused-ring (bicyclic) bond motifs is 13. The second kappa shape index (κ2) is 12.2. The first-order valence-corrected chi connectivity index (χ1v) is 19.9. The van der Waals surface area contributed by atoms with Crippen LogP contribution in [0.1, 0.15) is 0 Å². The van der Waals surface area contributed by atoms with Gasteiger partial charge in [0.2, 0.25) is 5.95 Å². The van der Waals surface area contributed by atoms with Gasteiger partial charge < -0.3 is 8.98 Å². The monoisotopic (exact) mass is 753 g/mol. The van der Waals surface area contributed by atoms with Crippen molar-refractivity contribution in [2.75, 3.05) is 0 Å². The summed E-state index contributed by atoms with van der Waals surface area (Å²) in [6.45, 7) is 0. The Morgan fingerprint density at radius 1 is 0.339 bits per heavy atom. The second-order valence-electron chi connectivity index (χ2n) is 15.2. The molecular formula is C53H31N5O. The van der Waals surface area contributed by atoms with E-state index >= 15 is 0 Å². The standard InChI is InChI=1S/C53H31N5O/c1-2-14-34(15-3-1)51-54-52(35-24-28-47-42(30-35)50-38-17-7-5-13-33(38)23-29-48(50)59-47)56-53(55-51)58-45-27-25-36(31-41(45)49-37-16-6-4-12-32(37)22-26-46(49)58)57-43-20-10-8-18-39(43)40-19-9-11-21-44(40)57/h1-31H. The van der Waals surface area contributed by atoms with Crippen LogP contribution in [0, 0.1) is 0 Å². The molecule has 0 aliphatic rings. The zero-order valence-electron chi connectivity index (χ0n) is 31.5. The summed E-state index contributed by atoms with van der Waals surface area (Å²) in [6, 6.07) is 66.2. The van der Waals surface area contributed by atoms with Crippen molar-refractivity contribution in [1.29, 1.82) is 0 Å². The van der Waals surface area contributed by atoms with Crippen molar-refractivity contribution in [2.45, 2.75) is 0 Å². The topological polar surface area (TPSA) is 61.7 Å². The van der Waals surface area contributed by atoms with E-state index in [1.54, 1.807) is 0 Å². The molecule has 0 aliphatic carbocycles. The molecule has 274 valence electrons. The number of para-hydroxylation sites is 2. The molecule has 0 N–H and O–H groups in total. The lowest BCUT2D eigenvalue weighted by Crippen LogP contribution is -2.06. The summed E-state index contributed by atoms with van der Waals surface area (Å²) in [4.78, 5) is 15.8. The molecule has 6 heteroatoms. The highest BCUT2D eigenvalue weighted by Crippen LogP contribution is 2.41. The molecular weight excluding hydrogens is 723 g/mol. The van der Waals surface area contributed by atoms with Crippen molar-refractivity contribution in [3.63, 3.8) is 0 Å². The van der Waals surface area contributed by atoms with Gasteiger partial charge in [-0.05, 0) is 82.2 Å². The Labute approximate surface area is 336 Å². The Morgan fingerprint density at radius 2 is 0.915 bits per heavy atom. The Kier molecular flexibility index (Phi) is 6.63. The van der Waals surface area contributed by atoms with Crippen LogP contribution < -0.4 is 0 Å². The molecule has 4 heterocycles. The predicted molar refractivity (Wildman–Crippen MR) is 242 cm³/mol. The number of rotatable bonds is 4. The molecule has 0 fully saturated rings. The second-order valence-corrected chi connectivity index (χ2v) is 15.2. The molecule has 13 rings (SSSR count). The lowest BCUT2D eigenvalue weighted by atomic mass is 10.0. The third-order valence-electron chi connectivity index (χ3n) is 11.9. The average molecular weight is 754 g/mol. The highest BCUT2D eigenvalue weighted by molar-refractivity contribution is 6.22. The molecule has 0 unspecified atom stereocenters. The molecule has 9 aromatic carbocycles. The van der Waals surface area contributed by atoms with Crippen LogP contribution in [-0.2, 0) is 0 Å². The minimum absolute atomic E-state index is 0.552. The Hall–Kier alpha value is -8.09. The van der Waals surface area contributed by atoms with Crippen LogP contribution in [0.25, 0.3) is 122 Å². The van der Waals surface area contributed by atoms with Gasteiger partial charge in [0.15, 0.2) is 11.6 Å². The molecule has 0 spiro atoms. The number of hydrogen-bond donors (Lipinski definition) is 0. The SMILES string of the molecule is c1ccc(-c2nc(-c3ccc4oc5ccc6ccccc6c5c4c3)nc(-n3c4ccc(-n5c6ccccc6c6ccccc65)cc4c4c5ccccc5ccc43)n2)cc1. The fourth-order valence-electron chi connectivity index (χ4n) is 9.33. The molecule has 0 atom stereocenters. The van der Waals surface area contributed by atoms with Crippen LogP contribution in [0.15, 0.2) is 192 Å². The van der Waals surface area contributed by atoms with Crippen molar-refractivity contribution in [2.24, 2.45) is 0 Å². The van der Waals surface area contributed by atoms with Gasteiger partial charge in [-0.15, -0.1) is 0 Å². The summed E-state index contributed by atoms with van der Waals surface area (Å²) < 4.78 is 11.0. The predicted octanol–water partition coefficient (Wildman–Crippen LogP) is 13.6. The van der Waals surface area contributed by atoms with Crippen LogP contribution >= 0.6 is 0 Å². The summed E-state index contributed by atoms with van der Waals surface area (Å²) in [5.41, 5.74) is 8.96. The van der Waals surface area contributed by atoms with Crippen LogP contribution in [0.5, 0.6) is 0 Å². The van der Waals surface area contributed by atoms with Crippen molar-refractivity contribution in [3.05, 3.63) is 188 Å². The van der Waals surface area contributed by atoms with E-state index in [1.807, 2.05) is 24.3 Å². The fourth-order valence-corrected chi connectivity index (χ4v) is 9.33. The summed E-state index contributed by atoms with van der Waals surface area (Å²) in [7, 11) is 0. The smallest absolute Gasteiger partial charge is 0.238 e. The normalized spacial score (nSPS) is 12.1. The van der Waals surface area contributed by atoms with Crippen LogP contribution in [0.3, 0.4) is 0 Å². The Morgan fingerprint density at radius 3 is 1.66 bits per heavy atom. The maximum Gasteiger partial charge on any atom is 0.238 e. The molecule has 0 radical (unpaired) electrons. The van der Waals surface area contributed by atoms with Gasteiger partial charge in [0, 0.05) is 49.1 Å². The maximum atomic E-state index is 6.38. The molecule has 59 heavy (non-hydrogen) atoms. The van der Waals surface area contributed by atoms with Gasteiger partial charge in [-0.1, -0.05) is 127 Å². The van der Waals surface area contributed by atoms with Gasteiger partial charge in [-0.2, -0.15) is 9.97 Å². The highest BCUT2D eigenvalue weighted by Gasteiger charge is 2.22. The van der Waals surface area contributed by atoms with Gasteiger partial charge in [0.05, 0.1) is 22.1 Å². The molecule has 4 aromatic heterocycles. The van der Waals surface area contributed by atoms with Crippen molar-refractivity contribution in [3.8, 4) is 34.4 Å². The number of benzene rings is 9. The molecule has 6 nitrogen and oxygen atoms in total. The van der Waals surface area contributed by atoms with E-state index in [4.69, 9.17) is 19.4 Å². The first-order valence-electron chi connectivity index (χ1n) is 19.9. The molecule has 0 bridgehead atoms. The van der Waals surface area contributed by atoms with E-state index in [1.165, 1.54) is 38.0 Å². The number of nitrogens with zero attached hydrogens (tertiary/aromatic N) is 5. The Bertz CT molecular complexity index is 3800. The zero-order chi connectivity index (χ0) is 38.6. The lowest BCUT2D eigenvalue weighted by Gasteiger charge is -2.12. The third-order valence-corrected chi connectivity index (χ3v) is 11.9. The lowest BCUT2D eigenvalue weighted by molar-refractivity contribution is 0.669. The molecule has 0 saturated carbocycles. The minimum Gasteiger partial charge on any atom is -0.456 e. The van der Waals surface area contributed by atoms with E-state index < -0.39 is 0 Å². The zero-order valence-corrected chi connectivity index (χ0v) is 31.5. The largest absolute Gasteiger partial charge is 0.456 e. The van der Waals surface area contributed by atoms with Gasteiger partial charge in [0.25, 0.3) is 0 Å². The first-order chi connectivity index (χ1) is 29.2.